The number of rotatable bonds is 8. The lowest BCUT2D eigenvalue weighted by molar-refractivity contribution is 1.25. The van der Waals surface area contributed by atoms with Crippen LogP contribution in [0.4, 0.5) is 0 Å². The van der Waals surface area contributed by atoms with E-state index in [1.807, 2.05) is 0 Å². The summed E-state index contributed by atoms with van der Waals surface area (Å²) >= 11 is 0. The molecule has 0 unspecified atom stereocenters. The predicted molar refractivity (Wildman–Crippen MR) is 159 cm³/mol. The van der Waals surface area contributed by atoms with Crippen LogP contribution in [0.15, 0.2) is 121 Å². The van der Waals surface area contributed by atoms with E-state index in [2.05, 4.69) is 149 Å². The minimum atomic E-state index is -1.22. The molecule has 0 heterocycles. The highest BCUT2D eigenvalue weighted by Gasteiger charge is 2.31. The molecule has 0 atom stereocenters. The molecule has 0 fully saturated rings. The van der Waals surface area contributed by atoms with Gasteiger partial charge in [-0.25, -0.2) is 0 Å². The average Bonchev–Trinajstić information content (AvgIpc) is 2.94. The van der Waals surface area contributed by atoms with Crippen molar-refractivity contribution in [3.63, 3.8) is 0 Å². The Morgan fingerprint density at radius 2 is 0.588 bits per heavy atom. The first-order valence-electron chi connectivity index (χ1n) is 12.9. The van der Waals surface area contributed by atoms with Crippen LogP contribution in [0.1, 0.15) is 27.7 Å². The van der Waals surface area contributed by atoms with E-state index in [1.165, 1.54) is 46.5 Å². The Bertz CT molecular complexity index is 894. The summed E-state index contributed by atoms with van der Waals surface area (Å²) in [4.78, 5) is 0. The van der Waals surface area contributed by atoms with Crippen LogP contribution in [0.3, 0.4) is 0 Å². The second-order valence-corrected chi connectivity index (χ2v) is 14.3. The first kappa shape index (κ1) is 26.0. The molecule has 0 aliphatic heterocycles. The van der Waals surface area contributed by atoms with Gasteiger partial charge in [-0.2, -0.15) is 21.9 Å². The molecule has 34 heavy (non-hydrogen) atoms. The van der Waals surface area contributed by atoms with E-state index in [0.717, 1.165) is 0 Å². The molecule has 0 aliphatic rings. The van der Waals surface area contributed by atoms with Crippen LogP contribution in [0.5, 0.6) is 0 Å². The molecule has 0 aromatic heterocycles. The van der Waals surface area contributed by atoms with E-state index in [1.54, 1.807) is 0 Å². The van der Waals surface area contributed by atoms with Crippen molar-refractivity contribution < 1.29 is 0 Å². The molecule has 0 saturated heterocycles. The van der Waals surface area contributed by atoms with Gasteiger partial charge in [0.05, 0.1) is 24.6 Å². The highest BCUT2D eigenvalue weighted by Crippen LogP contribution is 2.57. The van der Waals surface area contributed by atoms with Gasteiger partial charge in [-0.15, -0.1) is 0 Å². The molecule has 4 rings (SSSR count). The summed E-state index contributed by atoms with van der Waals surface area (Å²) in [7, 11) is -0.420. The summed E-state index contributed by atoms with van der Waals surface area (Å²) in [5.74, 6) is 0. The van der Waals surface area contributed by atoms with Crippen molar-refractivity contribution in [2.24, 2.45) is 0 Å². The van der Waals surface area contributed by atoms with E-state index < -0.39 is 13.4 Å². The van der Waals surface area contributed by atoms with Gasteiger partial charge >= 0.3 is 0 Å². The van der Waals surface area contributed by atoms with Crippen LogP contribution in [-0.2, 0) is 0 Å². The molecular formula is C32H40BP. The Morgan fingerprint density at radius 3 is 0.735 bits per heavy atom. The van der Waals surface area contributed by atoms with Crippen LogP contribution >= 0.6 is 7.26 Å². The lowest BCUT2D eigenvalue weighted by atomic mass is 9.13. The van der Waals surface area contributed by atoms with E-state index in [9.17, 15) is 0 Å². The molecule has 0 aliphatic carbocycles. The molecule has 4 aromatic carbocycles. The molecule has 0 spiro atoms. The van der Waals surface area contributed by atoms with E-state index in [-0.39, 0.29) is 0 Å². The SMILES string of the molecule is CC[P+](CC)(CC)CC.c1ccc([B-](c2ccccc2)(c2ccccc2)c2ccccc2)cc1. The zero-order valence-electron chi connectivity index (χ0n) is 21.4. The topological polar surface area (TPSA) is 0 Å². The second-order valence-electron chi connectivity index (χ2n) is 9.12. The van der Waals surface area contributed by atoms with Crippen LogP contribution in [-0.4, -0.2) is 30.8 Å². The Hall–Kier alpha value is -2.63. The van der Waals surface area contributed by atoms with Crippen LogP contribution < -0.4 is 21.9 Å². The highest BCUT2D eigenvalue weighted by molar-refractivity contribution is 7.75. The molecule has 0 radical (unpaired) electrons. The number of hydrogen-bond acceptors (Lipinski definition) is 0. The fourth-order valence-corrected chi connectivity index (χ4v) is 8.15. The molecule has 0 amide bonds. The van der Waals surface area contributed by atoms with Gasteiger partial charge in [-0.3, -0.25) is 0 Å². The normalized spacial score (nSPS) is 11.4. The fourth-order valence-electron chi connectivity index (χ4n) is 5.46. The Labute approximate surface area is 208 Å². The molecule has 176 valence electrons. The monoisotopic (exact) mass is 466 g/mol. The van der Waals surface area contributed by atoms with Crippen molar-refractivity contribution in [1.29, 1.82) is 0 Å². The van der Waals surface area contributed by atoms with Crippen molar-refractivity contribution in [3.8, 4) is 0 Å². The zero-order valence-corrected chi connectivity index (χ0v) is 22.3. The lowest BCUT2D eigenvalue weighted by Gasteiger charge is -2.44. The molecule has 4 aromatic rings. The summed E-state index contributed by atoms with van der Waals surface area (Å²) in [5, 5.41) is 0. The third-order valence-electron chi connectivity index (χ3n) is 7.88. The molecular weight excluding hydrogens is 426 g/mol. The van der Waals surface area contributed by atoms with Crippen molar-refractivity contribution in [3.05, 3.63) is 121 Å². The summed E-state index contributed by atoms with van der Waals surface area (Å²) in [5.41, 5.74) is 5.36. The third kappa shape index (κ3) is 5.53. The Balaban J connectivity index is 0.000000309. The average molecular weight is 466 g/mol. The van der Waals surface area contributed by atoms with E-state index in [0.29, 0.717) is 0 Å². The van der Waals surface area contributed by atoms with Crippen LogP contribution in [0.25, 0.3) is 0 Å². The molecule has 0 nitrogen and oxygen atoms in total. The number of hydrogen-bond donors (Lipinski definition) is 0. The second kappa shape index (κ2) is 12.7. The van der Waals surface area contributed by atoms with Gasteiger partial charge in [0.1, 0.15) is 6.15 Å². The van der Waals surface area contributed by atoms with Gasteiger partial charge in [-0.1, -0.05) is 121 Å². The largest absolute Gasteiger partial charge is 0.195 e. The van der Waals surface area contributed by atoms with Gasteiger partial charge < -0.3 is 0 Å². The van der Waals surface area contributed by atoms with Gasteiger partial charge in [-0.05, 0) is 27.7 Å². The van der Waals surface area contributed by atoms with Crippen molar-refractivity contribution in [1.82, 2.24) is 0 Å². The van der Waals surface area contributed by atoms with Crippen molar-refractivity contribution in [2.45, 2.75) is 27.7 Å². The number of benzene rings is 4. The first-order chi connectivity index (χ1) is 16.7. The molecule has 0 saturated carbocycles. The standard InChI is InChI=1S/C24H20B.C8H20P/c1-5-13-21(14-6-1)25(22-15-7-2-8-16-22,23-17-9-3-10-18-23)24-19-11-4-12-20-24;1-5-9(6-2,7-3)8-4/h1-20H;5-8H2,1-4H3/q-1;+1. The molecule has 0 N–H and O–H groups in total. The maximum atomic E-state index is 2.35. The lowest BCUT2D eigenvalue weighted by Crippen LogP contribution is -2.74. The smallest absolute Gasteiger partial charge is 0.108 e. The van der Waals surface area contributed by atoms with Gasteiger partial charge in [0.15, 0.2) is 0 Å². The Kier molecular flexibility index (Phi) is 9.73. The maximum Gasteiger partial charge on any atom is 0.108 e. The fraction of sp³-hybridized carbons (Fsp3) is 0.250. The highest BCUT2D eigenvalue weighted by atomic mass is 31.2. The van der Waals surface area contributed by atoms with Crippen LogP contribution in [0, 0.1) is 0 Å². The van der Waals surface area contributed by atoms with Crippen molar-refractivity contribution in [2.75, 3.05) is 24.6 Å². The molecule has 0 bridgehead atoms. The van der Waals surface area contributed by atoms with Gasteiger partial charge in [0, 0.05) is 7.26 Å². The first-order valence-corrected chi connectivity index (χ1v) is 15.4. The minimum absolute atomic E-state index is 0.420. The maximum absolute atomic E-state index is 2.35. The third-order valence-corrected chi connectivity index (χ3v) is 13.2. The van der Waals surface area contributed by atoms with E-state index in [4.69, 9.17) is 0 Å². The van der Waals surface area contributed by atoms with Gasteiger partial charge in [0.2, 0.25) is 0 Å². The molecule has 2 heteroatoms. The van der Waals surface area contributed by atoms with Gasteiger partial charge in [0.25, 0.3) is 0 Å². The summed E-state index contributed by atoms with van der Waals surface area (Å²) < 4.78 is 0. The van der Waals surface area contributed by atoms with Crippen LogP contribution in [0.2, 0.25) is 0 Å². The summed E-state index contributed by atoms with van der Waals surface area (Å²) in [6.45, 7) is 9.41. The predicted octanol–water partition coefficient (Wildman–Crippen LogP) is 6.15. The minimum Gasteiger partial charge on any atom is -0.195 e. The Morgan fingerprint density at radius 1 is 0.382 bits per heavy atom. The summed E-state index contributed by atoms with van der Waals surface area (Å²) in [6.07, 6.45) is 4.60. The van der Waals surface area contributed by atoms with E-state index >= 15 is 0 Å². The quantitative estimate of drug-likeness (QED) is 0.216. The van der Waals surface area contributed by atoms with Crippen molar-refractivity contribution >= 4 is 35.3 Å². The zero-order chi connectivity index (χ0) is 24.3. The summed E-state index contributed by atoms with van der Waals surface area (Å²) in [6, 6.07) is 43.5.